The van der Waals surface area contributed by atoms with Gasteiger partial charge < -0.3 is 5.32 Å². The van der Waals surface area contributed by atoms with Crippen molar-refractivity contribution in [2.75, 3.05) is 0 Å². The molecule has 0 saturated heterocycles. The molecule has 2 rings (SSSR count). The molecule has 0 unspecified atom stereocenters. The Morgan fingerprint density at radius 2 is 2.25 bits per heavy atom. The van der Waals surface area contributed by atoms with Crippen LogP contribution in [0.5, 0.6) is 0 Å². The van der Waals surface area contributed by atoms with Gasteiger partial charge in [-0.1, -0.05) is 17.7 Å². The van der Waals surface area contributed by atoms with E-state index in [1.807, 2.05) is 6.07 Å². The summed E-state index contributed by atoms with van der Waals surface area (Å²) in [7, 11) is 0. The van der Waals surface area contributed by atoms with Crippen molar-refractivity contribution >= 4 is 23.8 Å². The summed E-state index contributed by atoms with van der Waals surface area (Å²) < 4.78 is 0. The van der Waals surface area contributed by atoms with Gasteiger partial charge in [-0.2, -0.15) is 0 Å². The Morgan fingerprint density at radius 1 is 1.50 bits per heavy atom. The zero-order valence-corrected chi connectivity index (χ0v) is 9.46. The summed E-state index contributed by atoms with van der Waals surface area (Å²) in [5.41, 5.74) is 1.35. The highest BCUT2D eigenvalue weighted by Crippen LogP contribution is 2.28. The van der Waals surface area contributed by atoms with Gasteiger partial charge in [-0.15, -0.1) is 0 Å². The smallest absolute Gasteiger partial charge is 0.223 e. The van der Waals surface area contributed by atoms with E-state index in [9.17, 15) is 9.59 Å². The van der Waals surface area contributed by atoms with Gasteiger partial charge in [0, 0.05) is 18.0 Å². The maximum Gasteiger partial charge on any atom is 0.223 e. The molecule has 0 aromatic heterocycles. The fourth-order valence-electron chi connectivity index (χ4n) is 1.47. The van der Waals surface area contributed by atoms with Crippen molar-refractivity contribution in [3.8, 4) is 0 Å². The SMILES string of the molecule is O=Cc1cc(CNC(=O)C2CC2)ccc1Cl. The van der Waals surface area contributed by atoms with E-state index in [-0.39, 0.29) is 11.8 Å². The Kier molecular flexibility index (Phi) is 3.25. The van der Waals surface area contributed by atoms with Crippen molar-refractivity contribution in [1.29, 1.82) is 0 Å². The number of benzene rings is 1. The molecule has 16 heavy (non-hydrogen) atoms. The number of hydrogen-bond donors (Lipinski definition) is 1. The molecule has 0 bridgehead atoms. The highest BCUT2D eigenvalue weighted by molar-refractivity contribution is 6.32. The van der Waals surface area contributed by atoms with Crippen LogP contribution in [0.1, 0.15) is 28.8 Å². The molecular weight excluding hydrogens is 226 g/mol. The highest BCUT2D eigenvalue weighted by atomic mass is 35.5. The molecule has 1 N–H and O–H groups in total. The van der Waals surface area contributed by atoms with Crippen LogP contribution in [0.2, 0.25) is 5.02 Å². The second-order valence-corrected chi connectivity index (χ2v) is 4.37. The minimum Gasteiger partial charge on any atom is -0.352 e. The number of nitrogens with one attached hydrogen (secondary N) is 1. The first-order valence-corrected chi connectivity index (χ1v) is 5.60. The third-order valence-corrected chi connectivity index (χ3v) is 2.95. The molecule has 1 amide bonds. The average Bonchev–Trinajstić information content (AvgIpc) is 3.11. The quantitative estimate of drug-likeness (QED) is 0.816. The van der Waals surface area contributed by atoms with Crippen LogP contribution in [0, 0.1) is 5.92 Å². The average molecular weight is 238 g/mol. The van der Waals surface area contributed by atoms with Crippen LogP contribution in [0.3, 0.4) is 0 Å². The Hall–Kier alpha value is -1.35. The number of amides is 1. The third kappa shape index (κ3) is 2.61. The van der Waals surface area contributed by atoms with Gasteiger partial charge in [-0.05, 0) is 30.5 Å². The summed E-state index contributed by atoms with van der Waals surface area (Å²) in [4.78, 5) is 22.1. The molecule has 84 valence electrons. The lowest BCUT2D eigenvalue weighted by molar-refractivity contribution is -0.122. The summed E-state index contributed by atoms with van der Waals surface area (Å²) in [6, 6.07) is 5.18. The fourth-order valence-corrected chi connectivity index (χ4v) is 1.63. The second kappa shape index (κ2) is 4.66. The summed E-state index contributed by atoms with van der Waals surface area (Å²) in [5.74, 6) is 0.306. The molecule has 1 fully saturated rings. The Bertz CT molecular complexity index is 427. The van der Waals surface area contributed by atoms with Gasteiger partial charge in [0.2, 0.25) is 5.91 Å². The predicted octanol–water partition coefficient (Wildman–Crippen LogP) is 2.18. The van der Waals surface area contributed by atoms with E-state index in [2.05, 4.69) is 5.32 Å². The molecular formula is C12H12ClNO2. The van der Waals surface area contributed by atoms with Crippen LogP contribution in [-0.4, -0.2) is 12.2 Å². The first kappa shape index (κ1) is 11.1. The lowest BCUT2D eigenvalue weighted by atomic mass is 10.1. The number of halogens is 1. The number of hydrogen-bond acceptors (Lipinski definition) is 2. The third-order valence-electron chi connectivity index (χ3n) is 2.60. The fraction of sp³-hybridized carbons (Fsp3) is 0.333. The van der Waals surface area contributed by atoms with Gasteiger partial charge >= 0.3 is 0 Å². The molecule has 0 aliphatic heterocycles. The van der Waals surface area contributed by atoms with Gasteiger partial charge in [0.1, 0.15) is 0 Å². The van der Waals surface area contributed by atoms with Crippen molar-refractivity contribution in [2.45, 2.75) is 19.4 Å². The molecule has 1 aliphatic rings. The van der Waals surface area contributed by atoms with E-state index >= 15 is 0 Å². The van der Waals surface area contributed by atoms with E-state index in [1.54, 1.807) is 12.1 Å². The molecule has 3 nitrogen and oxygen atoms in total. The van der Waals surface area contributed by atoms with Crippen molar-refractivity contribution in [3.63, 3.8) is 0 Å². The topological polar surface area (TPSA) is 46.2 Å². The zero-order valence-electron chi connectivity index (χ0n) is 8.70. The van der Waals surface area contributed by atoms with Crippen LogP contribution in [-0.2, 0) is 11.3 Å². The van der Waals surface area contributed by atoms with Crippen LogP contribution in [0.4, 0.5) is 0 Å². The first-order chi connectivity index (χ1) is 7.70. The van der Waals surface area contributed by atoms with Crippen molar-refractivity contribution in [2.24, 2.45) is 5.92 Å². The minimum absolute atomic E-state index is 0.0996. The number of aldehydes is 1. The van der Waals surface area contributed by atoms with E-state index in [0.29, 0.717) is 23.4 Å². The lowest BCUT2D eigenvalue weighted by Crippen LogP contribution is -2.24. The molecule has 0 atom stereocenters. The monoisotopic (exact) mass is 237 g/mol. The minimum atomic E-state index is 0.0996. The van der Waals surface area contributed by atoms with Crippen molar-refractivity contribution in [1.82, 2.24) is 5.32 Å². The molecule has 4 heteroatoms. The van der Waals surface area contributed by atoms with Gasteiger partial charge in [0.05, 0.1) is 5.02 Å². The Balaban J connectivity index is 1.98. The Labute approximate surface area is 98.8 Å². The van der Waals surface area contributed by atoms with Crippen LogP contribution in [0.15, 0.2) is 18.2 Å². The summed E-state index contributed by atoms with van der Waals surface area (Å²) in [6.45, 7) is 0.452. The highest BCUT2D eigenvalue weighted by Gasteiger charge is 2.29. The van der Waals surface area contributed by atoms with Crippen LogP contribution < -0.4 is 5.32 Å². The molecule has 1 saturated carbocycles. The van der Waals surface area contributed by atoms with Crippen molar-refractivity contribution < 1.29 is 9.59 Å². The van der Waals surface area contributed by atoms with E-state index in [4.69, 9.17) is 11.6 Å². The van der Waals surface area contributed by atoms with Gasteiger partial charge in [0.15, 0.2) is 6.29 Å². The summed E-state index contributed by atoms with van der Waals surface area (Å²) >= 11 is 5.80. The lowest BCUT2D eigenvalue weighted by Gasteiger charge is -2.05. The molecule has 0 spiro atoms. The first-order valence-electron chi connectivity index (χ1n) is 5.22. The largest absolute Gasteiger partial charge is 0.352 e. The molecule has 1 aliphatic carbocycles. The second-order valence-electron chi connectivity index (χ2n) is 3.97. The predicted molar refractivity (Wildman–Crippen MR) is 61.4 cm³/mol. The normalized spacial score (nSPS) is 14.6. The van der Waals surface area contributed by atoms with E-state index < -0.39 is 0 Å². The molecule has 0 heterocycles. The van der Waals surface area contributed by atoms with Crippen molar-refractivity contribution in [3.05, 3.63) is 34.3 Å². The maximum absolute atomic E-state index is 11.4. The van der Waals surface area contributed by atoms with Crippen LogP contribution >= 0.6 is 11.6 Å². The van der Waals surface area contributed by atoms with E-state index in [1.165, 1.54) is 0 Å². The van der Waals surface area contributed by atoms with E-state index in [0.717, 1.165) is 18.4 Å². The van der Waals surface area contributed by atoms with Gasteiger partial charge in [-0.3, -0.25) is 9.59 Å². The molecule has 1 aromatic rings. The number of carbonyl (C=O) groups is 2. The number of rotatable bonds is 4. The maximum atomic E-state index is 11.4. The Morgan fingerprint density at radius 3 is 2.88 bits per heavy atom. The van der Waals surface area contributed by atoms with Gasteiger partial charge in [-0.25, -0.2) is 0 Å². The summed E-state index contributed by atoms with van der Waals surface area (Å²) in [6.07, 6.45) is 2.70. The van der Waals surface area contributed by atoms with Crippen LogP contribution in [0.25, 0.3) is 0 Å². The number of carbonyl (C=O) groups excluding carboxylic acids is 2. The standard InChI is InChI=1S/C12H12ClNO2/c13-11-4-1-8(5-10(11)7-15)6-14-12(16)9-2-3-9/h1,4-5,7,9H,2-3,6H2,(H,14,16). The zero-order chi connectivity index (χ0) is 11.5. The summed E-state index contributed by atoms with van der Waals surface area (Å²) in [5, 5.41) is 3.27. The molecule has 1 aromatic carbocycles. The molecule has 0 radical (unpaired) electrons. The van der Waals surface area contributed by atoms with Gasteiger partial charge in [0.25, 0.3) is 0 Å².